The van der Waals surface area contributed by atoms with E-state index in [0.29, 0.717) is 30.2 Å². The van der Waals surface area contributed by atoms with Crippen molar-refractivity contribution in [3.63, 3.8) is 0 Å². The van der Waals surface area contributed by atoms with Crippen molar-refractivity contribution in [1.82, 2.24) is 20.2 Å². The molecule has 0 bridgehead atoms. The molecule has 29 heavy (non-hydrogen) atoms. The number of methoxy groups -OCH3 is 2. The number of benzene rings is 1. The van der Waals surface area contributed by atoms with Gasteiger partial charge in [-0.1, -0.05) is 13.0 Å². The molecule has 1 saturated heterocycles. The van der Waals surface area contributed by atoms with Gasteiger partial charge in [-0.05, 0) is 30.7 Å². The number of carbonyl (C=O) groups is 1. The summed E-state index contributed by atoms with van der Waals surface area (Å²) in [6, 6.07) is 7.52. The highest BCUT2D eigenvalue weighted by Crippen LogP contribution is 2.27. The summed E-state index contributed by atoms with van der Waals surface area (Å²) < 4.78 is 10.6. The molecule has 156 valence electrons. The van der Waals surface area contributed by atoms with Crippen LogP contribution in [0.2, 0.25) is 0 Å². The first kappa shape index (κ1) is 20.9. The number of hydrogen-bond acceptors (Lipinski definition) is 7. The zero-order valence-corrected chi connectivity index (χ0v) is 17.4. The summed E-state index contributed by atoms with van der Waals surface area (Å²) in [5.74, 6) is 1.98. The van der Waals surface area contributed by atoms with Crippen molar-refractivity contribution >= 4 is 11.7 Å². The SMILES string of the molecule is CCN1CCN(c2cc(C(=O)NCCc3ccc(OC)c(OC)c3)ncn2)CC1. The highest BCUT2D eigenvalue weighted by molar-refractivity contribution is 5.92. The third kappa shape index (κ3) is 5.35. The molecule has 8 nitrogen and oxygen atoms in total. The molecule has 0 unspecified atom stereocenters. The Hall–Kier alpha value is -2.87. The molecule has 0 radical (unpaired) electrons. The fourth-order valence-corrected chi connectivity index (χ4v) is 3.38. The molecule has 1 aliphatic rings. The molecule has 1 amide bonds. The van der Waals surface area contributed by atoms with Crippen molar-refractivity contribution < 1.29 is 14.3 Å². The van der Waals surface area contributed by atoms with Crippen LogP contribution >= 0.6 is 0 Å². The zero-order chi connectivity index (χ0) is 20.6. The van der Waals surface area contributed by atoms with Crippen LogP contribution in [0.15, 0.2) is 30.6 Å². The molecular formula is C21H29N5O3. The Kier molecular flexibility index (Phi) is 7.24. The number of anilines is 1. The number of rotatable bonds is 8. The van der Waals surface area contributed by atoms with Gasteiger partial charge in [-0.2, -0.15) is 0 Å². The fourth-order valence-electron chi connectivity index (χ4n) is 3.38. The molecule has 0 aliphatic carbocycles. The molecule has 1 fully saturated rings. The summed E-state index contributed by atoms with van der Waals surface area (Å²) in [7, 11) is 3.22. The molecule has 2 heterocycles. The number of nitrogens with one attached hydrogen (secondary N) is 1. The first-order valence-electron chi connectivity index (χ1n) is 9.93. The molecule has 0 atom stereocenters. The third-order valence-electron chi connectivity index (χ3n) is 5.18. The Bertz CT molecular complexity index is 822. The Morgan fingerprint density at radius 3 is 2.52 bits per heavy atom. The molecule has 3 rings (SSSR count). The van der Waals surface area contributed by atoms with E-state index in [1.54, 1.807) is 20.3 Å². The first-order valence-corrected chi connectivity index (χ1v) is 9.93. The summed E-state index contributed by atoms with van der Waals surface area (Å²) in [5.41, 5.74) is 1.44. The predicted octanol–water partition coefficient (Wildman–Crippen LogP) is 1.61. The average molecular weight is 399 g/mol. The molecule has 8 heteroatoms. The number of carbonyl (C=O) groups excluding carboxylic acids is 1. The molecule has 0 spiro atoms. The highest BCUT2D eigenvalue weighted by Gasteiger charge is 2.18. The van der Waals surface area contributed by atoms with Crippen molar-refractivity contribution in [2.24, 2.45) is 0 Å². The normalized spacial score (nSPS) is 14.5. The van der Waals surface area contributed by atoms with Crippen molar-refractivity contribution in [3.8, 4) is 11.5 Å². The lowest BCUT2D eigenvalue weighted by Crippen LogP contribution is -2.46. The molecule has 2 aromatic rings. The lowest BCUT2D eigenvalue weighted by molar-refractivity contribution is 0.0949. The van der Waals surface area contributed by atoms with Gasteiger partial charge in [0.2, 0.25) is 0 Å². The summed E-state index contributed by atoms with van der Waals surface area (Å²) >= 11 is 0. The van der Waals surface area contributed by atoms with E-state index in [1.165, 1.54) is 6.33 Å². The minimum atomic E-state index is -0.193. The van der Waals surface area contributed by atoms with Crippen LogP contribution in [0.4, 0.5) is 5.82 Å². The number of amides is 1. The topological polar surface area (TPSA) is 79.8 Å². The number of ether oxygens (including phenoxy) is 2. The second-order valence-corrected chi connectivity index (χ2v) is 6.88. The Morgan fingerprint density at radius 1 is 1.07 bits per heavy atom. The molecule has 1 aromatic carbocycles. The van der Waals surface area contributed by atoms with Crippen LogP contribution in [-0.2, 0) is 6.42 Å². The zero-order valence-electron chi connectivity index (χ0n) is 17.4. The smallest absolute Gasteiger partial charge is 0.270 e. The van der Waals surface area contributed by atoms with Gasteiger partial charge in [0.25, 0.3) is 5.91 Å². The number of piperazine rings is 1. The van der Waals surface area contributed by atoms with Gasteiger partial charge in [-0.25, -0.2) is 9.97 Å². The molecule has 1 N–H and O–H groups in total. The highest BCUT2D eigenvalue weighted by atomic mass is 16.5. The lowest BCUT2D eigenvalue weighted by Gasteiger charge is -2.34. The second kappa shape index (κ2) is 10.1. The van der Waals surface area contributed by atoms with Gasteiger partial charge < -0.3 is 24.6 Å². The molecule has 1 aromatic heterocycles. The number of likely N-dealkylation sites (N-methyl/N-ethyl adjacent to an activating group) is 1. The van der Waals surface area contributed by atoms with Crippen molar-refractivity contribution in [2.75, 3.05) is 58.4 Å². The summed E-state index contributed by atoms with van der Waals surface area (Å²) in [5, 5.41) is 2.93. The van der Waals surface area contributed by atoms with E-state index < -0.39 is 0 Å². The Morgan fingerprint density at radius 2 is 1.83 bits per heavy atom. The third-order valence-corrected chi connectivity index (χ3v) is 5.18. The van der Waals surface area contributed by atoms with Gasteiger partial charge in [0.1, 0.15) is 17.8 Å². The van der Waals surface area contributed by atoms with Crippen LogP contribution in [0.3, 0.4) is 0 Å². The van der Waals surface area contributed by atoms with Crippen molar-refractivity contribution in [3.05, 3.63) is 41.9 Å². The van der Waals surface area contributed by atoms with E-state index >= 15 is 0 Å². The van der Waals surface area contributed by atoms with E-state index in [4.69, 9.17) is 9.47 Å². The van der Waals surface area contributed by atoms with Gasteiger partial charge in [-0.15, -0.1) is 0 Å². The van der Waals surface area contributed by atoms with Crippen LogP contribution in [0, 0.1) is 0 Å². The Labute approximate surface area is 171 Å². The molecule has 0 saturated carbocycles. The standard InChI is InChI=1S/C21H29N5O3/c1-4-25-9-11-26(12-10-25)20-14-17(23-15-24-20)21(27)22-8-7-16-5-6-18(28-2)19(13-16)29-3/h5-6,13-15H,4,7-12H2,1-3H3,(H,22,27). The van der Waals surface area contributed by atoms with Crippen LogP contribution in [0.25, 0.3) is 0 Å². The lowest BCUT2D eigenvalue weighted by atomic mass is 10.1. The van der Waals surface area contributed by atoms with E-state index in [9.17, 15) is 4.79 Å². The van der Waals surface area contributed by atoms with Gasteiger partial charge in [0.05, 0.1) is 14.2 Å². The maximum atomic E-state index is 12.5. The molecule has 1 aliphatic heterocycles. The van der Waals surface area contributed by atoms with Gasteiger partial charge in [0, 0.05) is 38.8 Å². The number of aromatic nitrogens is 2. The van der Waals surface area contributed by atoms with Gasteiger partial charge in [-0.3, -0.25) is 4.79 Å². The minimum absolute atomic E-state index is 0.193. The van der Waals surface area contributed by atoms with E-state index in [2.05, 4.69) is 32.0 Å². The Balaban J connectivity index is 1.55. The fraction of sp³-hybridized carbons (Fsp3) is 0.476. The maximum Gasteiger partial charge on any atom is 0.270 e. The summed E-state index contributed by atoms with van der Waals surface area (Å²) in [6.07, 6.45) is 2.15. The number of hydrogen-bond donors (Lipinski definition) is 1. The van der Waals surface area contributed by atoms with Crippen LogP contribution in [0.1, 0.15) is 23.0 Å². The second-order valence-electron chi connectivity index (χ2n) is 6.88. The maximum absolute atomic E-state index is 12.5. The number of nitrogens with zero attached hydrogens (tertiary/aromatic N) is 4. The summed E-state index contributed by atoms with van der Waals surface area (Å²) in [4.78, 5) is 25.6. The van der Waals surface area contributed by atoms with Gasteiger partial charge >= 0.3 is 0 Å². The quantitative estimate of drug-likeness (QED) is 0.722. The van der Waals surface area contributed by atoms with Crippen molar-refractivity contribution in [2.45, 2.75) is 13.3 Å². The summed E-state index contributed by atoms with van der Waals surface area (Å²) in [6.45, 7) is 7.57. The largest absolute Gasteiger partial charge is 0.493 e. The monoisotopic (exact) mass is 399 g/mol. The first-order chi connectivity index (χ1) is 14.1. The van der Waals surface area contributed by atoms with E-state index in [-0.39, 0.29) is 5.91 Å². The van der Waals surface area contributed by atoms with Gasteiger partial charge in [0.15, 0.2) is 11.5 Å². The van der Waals surface area contributed by atoms with Crippen LogP contribution in [0.5, 0.6) is 11.5 Å². The van der Waals surface area contributed by atoms with Crippen LogP contribution in [-0.4, -0.2) is 74.3 Å². The van der Waals surface area contributed by atoms with Crippen LogP contribution < -0.4 is 19.7 Å². The van der Waals surface area contributed by atoms with E-state index in [1.807, 2.05) is 18.2 Å². The molecular weight excluding hydrogens is 370 g/mol. The minimum Gasteiger partial charge on any atom is -0.493 e. The van der Waals surface area contributed by atoms with E-state index in [0.717, 1.165) is 44.1 Å². The van der Waals surface area contributed by atoms with Crippen molar-refractivity contribution in [1.29, 1.82) is 0 Å². The predicted molar refractivity (Wildman–Crippen MR) is 112 cm³/mol. The average Bonchev–Trinajstić information content (AvgIpc) is 2.79.